The standard InChI is InChI=1S/C22H26O11/c1-3-4-5-9-6-10-21-14(25)13-12(8(2)16(26)31-13)22(21,18(28)30-10)33-19-20(9,21)15(17(27)32-19)29-7-11(23)24/h8-10,12-15,19,25H,3-7H2,1-2H3,(H,23,24)/t8?,9-,10?,12-,13?,14-,15-,19-,20?,21?,22-/m1/s1. The van der Waals surface area contributed by atoms with Gasteiger partial charge in [-0.2, -0.15) is 0 Å². The van der Waals surface area contributed by atoms with Gasteiger partial charge in [-0.1, -0.05) is 26.7 Å². The number of carbonyl (C=O) groups excluding carboxylic acids is 3. The minimum atomic E-state index is -1.76. The van der Waals surface area contributed by atoms with Crippen LogP contribution in [-0.4, -0.2) is 77.0 Å². The van der Waals surface area contributed by atoms with Gasteiger partial charge in [-0.25, -0.2) is 14.4 Å². The normalized spacial score (nSPS) is 52.8. The fourth-order valence-electron chi connectivity index (χ4n) is 8.35. The summed E-state index contributed by atoms with van der Waals surface area (Å²) in [4.78, 5) is 50.2. The van der Waals surface area contributed by atoms with E-state index in [1.807, 2.05) is 6.92 Å². The number of carboxylic acids is 1. The molecule has 2 aliphatic carbocycles. The smallest absolute Gasteiger partial charge is 0.340 e. The zero-order valence-corrected chi connectivity index (χ0v) is 18.2. The van der Waals surface area contributed by atoms with Crippen molar-refractivity contribution < 1.29 is 53.1 Å². The van der Waals surface area contributed by atoms with Crippen molar-refractivity contribution in [2.45, 2.75) is 75.8 Å². The van der Waals surface area contributed by atoms with Gasteiger partial charge in [-0.15, -0.1) is 0 Å². The van der Waals surface area contributed by atoms with Crippen LogP contribution in [0, 0.1) is 28.6 Å². The van der Waals surface area contributed by atoms with Crippen LogP contribution in [0.3, 0.4) is 0 Å². The topological polar surface area (TPSA) is 155 Å². The summed E-state index contributed by atoms with van der Waals surface area (Å²) >= 11 is 0. The van der Waals surface area contributed by atoms with Gasteiger partial charge in [0, 0.05) is 0 Å². The molecule has 180 valence electrons. The van der Waals surface area contributed by atoms with Crippen molar-refractivity contribution in [3.63, 3.8) is 0 Å². The third-order valence-electron chi connectivity index (χ3n) is 9.16. The van der Waals surface area contributed by atoms with E-state index in [4.69, 9.17) is 23.7 Å². The summed E-state index contributed by atoms with van der Waals surface area (Å²) in [7, 11) is 0. The Morgan fingerprint density at radius 2 is 1.94 bits per heavy atom. The summed E-state index contributed by atoms with van der Waals surface area (Å²) in [5.74, 6) is -5.21. The van der Waals surface area contributed by atoms with Crippen LogP contribution >= 0.6 is 0 Å². The van der Waals surface area contributed by atoms with E-state index in [1.165, 1.54) is 0 Å². The molecule has 5 unspecified atom stereocenters. The Morgan fingerprint density at radius 1 is 1.18 bits per heavy atom. The molecule has 11 atom stereocenters. The lowest BCUT2D eigenvalue weighted by atomic mass is 9.53. The number of aliphatic hydroxyl groups is 1. The zero-order valence-electron chi connectivity index (χ0n) is 18.2. The molecule has 0 aromatic heterocycles. The summed E-state index contributed by atoms with van der Waals surface area (Å²) in [5.41, 5.74) is -4.59. The third kappa shape index (κ3) is 1.97. The average molecular weight is 466 g/mol. The van der Waals surface area contributed by atoms with Crippen molar-refractivity contribution in [1.29, 1.82) is 0 Å². The maximum absolute atomic E-state index is 13.5. The Labute approximate surface area is 188 Å². The molecule has 4 aliphatic heterocycles. The number of esters is 3. The predicted octanol–water partition coefficient (Wildman–Crippen LogP) is -0.231. The number of hydrogen-bond acceptors (Lipinski definition) is 10. The van der Waals surface area contributed by atoms with Gasteiger partial charge in [0.15, 0.2) is 11.7 Å². The number of carboxylic acid groups (broad SMARTS) is 1. The first-order chi connectivity index (χ1) is 15.7. The molecule has 2 saturated carbocycles. The number of fused-ring (bicyclic) bond motifs is 1. The first-order valence-corrected chi connectivity index (χ1v) is 11.5. The molecule has 0 radical (unpaired) electrons. The van der Waals surface area contributed by atoms with Crippen molar-refractivity contribution in [1.82, 2.24) is 0 Å². The number of hydrogen-bond donors (Lipinski definition) is 2. The predicted molar refractivity (Wildman–Crippen MR) is 102 cm³/mol. The van der Waals surface area contributed by atoms with E-state index in [9.17, 15) is 29.4 Å². The molecule has 0 bridgehead atoms. The van der Waals surface area contributed by atoms with Crippen molar-refractivity contribution in [3.8, 4) is 0 Å². The molecule has 6 aliphatic rings. The molecule has 11 heteroatoms. The van der Waals surface area contributed by atoms with Crippen LogP contribution in [0.5, 0.6) is 0 Å². The molecular weight excluding hydrogens is 440 g/mol. The largest absolute Gasteiger partial charge is 0.480 e. The molecule has 4 heterocycles. The summed E-state index contributed by atoms with van der Waals surface area (Å²) in [6.45, 7) is 2.88. The van der Waals surface area contributed by atoms with E-state index in [2.05, 4.69) is 0 Å². The molecule has 33 heavy (non-hydrogen) atoms. The highest BCUT2D eigenvalue weighted by Crippen LogP contribution is 2.83. The Kier molecular flexibility index (Phi) is 4.17. The molecule has 0 amide bonds. The van der Waals surface area contributed by atoms with E-state index in [0.29, 0.717) is 12.8 Å². The van der Waals surface area contributed by atoms with Gasteiger partial charge in [0.1, 0.15) is 24.9 Å². The molecule has 0 aromatic carbocycles. The van der Waals surface area contributed by atoms with Crippen molar-refractivity contribution in [2.24, 2.45) is 28.6 Å². The van der Waals surface area contributed by atoms with E-state index >= 15 is 0 Å². The van der Waals surface area contributed by atoms with Gasteiger partial charge in [-0.05, 0) is 18.8 Å². The number of ether oxygens (including phenoxy) is 5. The molecular formula is C22H26O11. The Bertz CT molecular complexity index is 964. The van der Waals surface area contributed by atoms with Crippen LogP contribution in [0.2, 0.25) is 0 Å². The van der Waals surface area contributed by atoms with Gasteiger partial charge in [0.2, 0.25) is 6.29 Å². The maximum Gasteiger partial charge on any atom is 0.340 e. The molecule has 2 N–H and O–H groups in total. The average Bonchev–Trinajstić information content (AvgIpc) is 3.48. The van der Waals surface area contributed by atoms with E-state index in [0.717, 1.165) is 12.8 Å². The van der Waals surface area contributed by atoms with Gasteiger partial charge in [0.05, 0.1) is 22.7 Å². The lowest BCUT2D eigenvalue weighted by Gasteiger charge is -2.45. The SMILES string of the molecule is CCCC[C@@H]1CC2OC(=O)[C@@]34O[C@H]5OC(=O)[C@@H](OCC(=O)O)C15C23[C@H](O)C1OC(=O)C(C)[C@H]14. The van der Waals surface area contributed by atoms with Crippen molar-refractivity contribution in [3.05, 3.63) is 0 Å². The third-order valence-corrected chi connectivity index (χ3v) is 9.16. The lowest BCUT2D eigenvalue weighted by molar-refractivity contribution is -0.206. The summed E-state index contributed by atoms with van der Waals surface area (Å²) in [5, 5.41) is 21.0. The highest BCUT2D eigenvalue weighted by atomic mass is 16.8. The number of aliphatic hydroxyl groups excluding tert-OH is 1. The number of carbonyl (C=O) groups is 4. The second-order valence-corrected chi connectivity index (χ2v) is 10.1. The van der Waals surface area contributed by atoms with Gasteiger partial charge in [-0.3, -0.25) is 4.79 Å². The van der Waals surface area contributed by atoms with Crippen LogP contribution in [0.15, 0.2) is 0 Å². The quantitative estimate of drug-likeness (QED) is 0.394. The van der Waals surface area contributed by atoms with Gasteiger partial charge in [0.25, 0.3) is 0 Å². The fourth-order valence-corrected chi connectivity index (χ4v) is 8.35. The highest BCUT2D eigenvalue weighted by Gasteiger charge is 3.00. The van der Waals surface area contributed by atoms with E-state index < -0.39 is 89.5 Å². The summed E-state index contributed by atoms with van der Waals surface area (Å²) in [6.07, 6.45) is -3.21. The van der Waals surface area contributed by atoms with Crippen molar-refractivity contribution in [2.75, 3.05) is 6.61 Å². The minimum Gasteiger partial charge on any atom is -0.480 e. The second kappa shape index (κ2) is 6.45. The monoisotopic (exact) mass is 466 g/mol. The lowest BCUT2D eigenvalue weighted by Crippen LogP contribution is -2.62. The van der Waals surface area contributed by atoms with E-state index in [-0.39, 0.29) is 5.92 Å². The molecule has 11 nitrogen and oxygen atoms in total. The first kappa shape index (κ1) is 21.3. The molecule has 4 saturated heterocycles. The zero-order chi connectivity index (χ0) is 23.5. The van der Waals surface area contributed by atoms with Crippen LogP contribution in [0.4, 0.5) is 0 Å². The Hall–Kier alpha value is -2.24. The Balaban J connectivity index is 1.59. The number of rotatable bonds is 6. The van der Waals surface area contributed by atoms with Crippen LogP contribution in [0.25, 0.3) is 0 Å². The maximum atomic E-state index is 13.5. The Morgan fingerprint density at radius 3 is 2.64 bits per heavy atom. The summed E-state index contributed by atoms with van der Waals surface area (Å²) < 4.78 is 28.9. The molecule has 0 aromatic rings. The number of aliphatic carboxylic acids is 1. The second-order valence-electron chi connectivity index (χ2n) is 10.1. The van der Waals surface area contributed by atoms with Crippen LogP contribution < -0.4 is 0 Å². The highest BCUT2D eigenvalue weighted by molar-refractivity contribution is 5.92. The molecule has 6 rings (SSSR count). The van der Waals surface area contributed by atoms with Gasteiger partial charge >= 0.3 is 23.9 Å². The van der Waals surface area contributed by atoms with E-state index in [1.54, 1.807) is 6.92 Å². The minimum absolute atomic E-state index is 0.313. The fraction of sp³-hybridized carbons (Fsp3) is 0.818. The van der Waals surface area contributed by atoms with Crippen molar-refractivity contribution >= 4 is 23.9 Å². The van der Waals surface area contributed by atoms with Crippen LogP contribution in [-0.2, 0) is 42.9 Å². The van der Waals surface area contributed by atoms with Gasteiger partial charge < -0.3 is 33.9 Å². The summed E-state index contributed by atoms with van der Waals surface area (Å²) in [6, 6.07) is 0. The van der Waals surface area contributed by atoms with Crippen LogP contribution in [0.1, 0.15) is 39.5 Å². The molecule has 6 fully saturated rings. The first-order valence-electron chi connectivity index (χ1n) is 11.5. The number of unbranched alkanes of at least 4 members (excludes halogenated alkanes) is 1. The molecule has 2 spiro atoms.